The minimum atomic E-state index is -0.530. The predicted molar refractivity (Wildman–Crippen MR) is 121 cm³/mol. The van der Waals surface area contributed by atoms with Gasteiger partial charge in [0.2, 0.25) is 0 Å². The maximum atomic E-state index is 12.5. The van der Waals surface area contributed by atoms with Gasteiger partial charge in [0.25, 0.3) is 5.56 Å². The fourth-order valence-corrected chi connectivity index (χ4v) is 3.36. The Bertz CT molecular complexity index is 1230. The Morgan fingerprint density at radius 3 is 2.58 bits per heavy atom. The van der Waals surface area contributed by atoms with Gasteiger partial charge in [0.05, 0.1) is 46.8 Å². The van der Waals surface area contributed by atoms with Crippen LogP contribution < -0.4 is 15.0 Å². The van der Waals surface area contributed by atoms with Crippen LogP contribution in [0.4, 0.5) is 0 Å². The maximum Gasteiger partial charge on any atom is 0.337 e. The average molecular weight is 463 g/mol. The third kappa shape index (κ3) is 5.00. The number of carbonyl (C=O) groups is 1. The molecule has 3 rings (SSSR count). The van der Waals surface area contributed by atoms with Gasteiger partial charge in [-0.15, -0.1) is 0 Å². The van der Waals surface area contributed by atoms with Crippen LogP contribution in [0.5, 0.6) is 11.5 Å². The average Bonchev–Trinajstić information content (AvgIpc) is 2.74. The number of rotatable bonds is 6. The Morgan fingerprint density at radius 1 is 1.19 bits per heavy atom. The highest BCUT2D eigenvalue weighted by molar-refractivity contribution is 6.50. The number of nitrogens with zero attached hydrogens (tertiary/aromatic N) is 1. The summed E-state index contributed by atoms with van der Waals surface area (Å²) in [5.41, 5.74) is 0.814. The molecule has 0 radical (unpaired) electrons. The molecule has 0 aliphatic rings. The highest BCUT2D eigenvalue weighted by Gasteiger charge is 2.15. The van der Waals surface area contributed by atoms with Gasteiger partial charge >= 0.3 is 5.97 Å². The van der Waals surface area contributed by atoms with Crippen LogP contribution in [0.15, 0.2) is 35.1 Å². The fraction of sp³-hybridized carbons (Fsp3) is 0.227. The molecule has 1 heterocycles. The Morgan fingerprint density at radius 2 is 1.94 bits per heavy atom. The minimum Gasteiger partial charge on any atom is -0.493 e. The van der Waals surface area contributed by atoms with Crippen molar-refractivity contribution in [2.24, 2.45) is 0 Å². The Labute approximate surface area is 188 Å². The van der Waals surface area contributed by atoms with Crippen molar-refractivity contribution in [1.29, 1.82) is 0 Å². The van der Waals surface area contributed by atoms with Crippen LogP contribution in [0.1, 0.15) is 35.6 Å². The number of carbonyl (C=O) groups excluding carboxylic acids is 1. The zero-order valence-corrected chi connectivity index (χ0v) is 18.8. The van der Waals surface area contributed by atoms with E-state index >= 15 is 0 Å². The lowest BCUT2D eigenvalue weighted by Crippen LogP contribution is -2.11. The largest absolute Gasteiger partial charge is 0.493 e. The van der Waals surface area contributed by atoms with Gasteiger partial charge in [-0.3, -0.25) is 4.79 Å². The summed E-state index contributed by atoms with van der Waals surface area (Å²) in [6.07, 6.45) is 1.50. The molecule has 0 unspecified atom stereocenters. The molecular weight excluding hydrogens is 443 g/mol. The molecule has 0 spiro atoms. The molecule has 7 nitrogen and oxygen atoms in total. The van der Waals surface area contributed by atoms with Crippen LogP contribution in [0.3, 0.4) is 0 Å². The van der Waals surface area contributed by atoms with Crippen molar-refractivity contribution in [3.05, 3.63) is 62.7 Å². The minimum absolute atomic E-state index is 0.0851. The van der Waals surface area contributed by atoms with Crippen molar-refractivity contribution in [3.8, 4) is 11.5 Å². The van der Waals surface area contributed by atoms with Gasteiger partial charge in [-0.2, -0.15) is 0 Å². The van der Waals surface area contributed by atoms with Gasteiger partial charge in [0.1, 0.15) is 0 Å². The molecule has 162 valence electrons. The lowest BCUT2D eigenvalue weighted by atomic mass is 10.1. The predicted octanol–water partition coefficient (Wildman–Crippen LogP) is 4.90. The highest BCUT2D eigenvalue weighted by Crippen LogP contribution is 2.38. The molecule has 0 amide bonds. The molecule has 0 fully saturated rings. The van der Waals surface area contributed by atoms with Crippen LogP contribution in [0.2, 0.25) is 5.02 Å². The van der Waals surface area contributed by atoms with E-state index in [9.17, 15) is 9.59 Å². The molecule has 0 aliphatic carbocycles. The van der Waals surface area contributed by atoms with E-state index in [1.54, 1.807) is 18.2 Å². The summed E-state index contributed by atoms with van der Waals surface area (Å²) in [6.45, 7) is 3.77. The van der Waals surface area contributed by atoms with Crippen LogP contribution in [-0.4, -0.2) is 36.3 Å². The summed E-state index contributed by atoms with van der Waals surface area (Å²) >= 11 is 12.8. The number of fused-ring (bicyclic) bond motifs is 1. The summed E-state index contributed by atoms with van der Waals surface area (Å²) in [6, 6.07) is 7.85. The van der Waals surface area contributed by atoms with Gasteiger partial charge in [-0.05, 0) is 55.8 Å². The summed E-state index contributed by atoms with van der Waals surface area (Å²) in [5, 5.41) is 0.838. The number of H-pyrrole nitrogens is 1. The van der Waals surface area contributed by atoms with Crippen molar-refractivity contribution >= 4 is 51.2 Å². The number of hydrogen-bond donors (Lipinski definition) is 1. The first-order chi connectivity index (χ1) is 14.7. The summed E-state index contributed by atoms with van der Waals surface area (Å²) in [7, 11) is 2.79. The molecule has 0 saturated heterocycles. The number of nitrogens with one attached hydrogen (secondary N) is 1. The van der Waals surface area contributed by atoms with E-state index in [1.165, 1.54) is 32.4 Å². The highest BCUT2D eigenvalue weighted by atomic mass is 35.5. The Hall–Kier alpha value is -3.03. The molecule has 9 heteroatoms. The molecule has 2 aromatic carbocycles. The first kappa shape index (κ1) is 22.7. The summed E-state index contributed by atoms with van der Waals surface area (Å²) in [5.74, 6) is 0.482. The van der Waals surface area contributed by atoms with E-state index < -0.39 is 5.97 Å². The molecule has 0 aliphatic heterocycles. The zero-order chi connectivity index (χ0) is 22.7. The first-order valence-corrected chi connectivity index (χ1v) is 10.0. The number of halogens is 2. The van der Waals surface area contributed by atoms with E-state index in [2.05, 4.69) is 9.97 Å². The normalized spacial score (nSPS) is 11.6. The lowest BCUT2D eigenvalue weighted by molar-refractivity contribution is 0.0601. The number of benzene rings is 2. The molecule has 1 aromatic heterocycles. The maximum absolute atomic E-state index is 12.5. The number of aromatic nitrogens is 2. The Kier molecular flexibility index (Phi) is 6.87. The zero-order valence-electron chi connectivity index (χ0n) is 17.3. The van der Waals surface area contributed by atoms with Crippen molar-refractivity contribution in [1.82, 2.24) is 9.97 Å². The van der Waals surface area contributed by atoms with Crippen molar-refractivity contribution in [2.45, 2.75) is 20.0 Å². The van der Waals surface area contributed by atoms with E-state index in [4.69, 9.17) is 37.4 Å². The number of aromatic amines is 1. The molecular formula is C22H20Cl2N2O5. The van der Waals surface area contributed by atoms with Crippen LogP contribution in [0.25, 0.3) is 22.0 Å². The molecule has 0 atom stereocenters. The summed E-state index contributed by atoms with van der Waals surface area (Å²) in [4.78, 5) is 31.3. The molecule has 0 bridgehead atoms. The van der Waals surface area contributed by atoms with Gasteiger partial charge in [-0.25, -0.2) is 9.78 Å². The number of esters is 1. The number of ether oxygens (including phenoxy) is 3. The second-order valence-corrected chi connectivity index (χ2v) is 7.65. The van der Waals surface area contributed by atoms with Gasteiger partial charge in [-0.1, -0.05) is 23.2 Å². The second kappa shape index (κ2) is 9.41. The van der Waals surface area contributed by atoms with Crippen LogP contribution in [-0.2, 0) is 4.74 Å². The van der Waals surface area contributed by atoms with Crippen molar-refractivity contribution < 1.29 is 19.0 Å². The van der Waals surface area contributed by atoms with Crippen LogP contribution in [0, 0.1) is 0 Å². The van der Waals surface area contributed by atoms with Crippen LogP contribution >= 0.6 is 23.2 Å². The van der Waals surface area contributed by atoms with Gasteiger partial charge in [0, 0.05) is 0 Å². The topological polar surface area (TPSA) is 90.5 Å². The van der Waals surface area contributed by atoms with E-state index in [0.29, 0.717) is 33.0 Å². The second-order valence-electron chi connectivity index (χ2n) is 6.83. The number of methoxy groups -OCH3 is 2. The third-order valence-electron chi connectivity index (χ3n) is 4.25. The van der Waals surface area contributed by atoms with E-state index in [-0.39, 0.29) is 28.1 Å². The molecule has 3 aromatic rings. The van der Waals surface area contributed by atoms with E-state index in [1.807, 2.05) is 13.8 Å². The quantitative estimate of drug-likeness (QED) is 0.524. The molecule has 0 saturated carbocycles. The lowest BCUT2D eigenvalue weighted by Gasteiger charge is -2.15. The first-order valence-electron chi connectivity index (χ1n) is 9.27. The fourth-order valence-electron chi connectivity index (χ4n) is 2.89. The third-order valence-corrected chi connectivity index (χ3v) is 4.82. The molecule has 31 heavy (non-hydrogen) atoms. The summed E-state index contributed by atoms with van der Waals surface area (Å²) < 4.78 is 15.8. The van der Waals surface area contributed by atoms with Crippen molar-refractivity contribution in [3.63, 3.8) is 0 Å². The standard InChI is InChI=1S/C22H20Cl2N2O5/c1-11(2)31-19-15(23)7-12(9-18(19)29-3)8-16(24)20-25-17-10-13(22(28)30-4)5-6-14(17)21(27)26-20/h5-11H,1-4H3,(H,25,26,27)/b16-8-. The van der Waals surface area contributed by atoms with Gasteiger partial charge < -0.3 is 19.2 Å². The number of hydrogen-bond acceptors (Lipinski definition) is 6. The SMILES string of the molecule is COC(=O)c1ccc2c(=O)[nH]c(/C(Cl)=C/c3cc(Cl)c(OC(C)C)c(OC)c3)nc2c1. The smallest absolute Gasteiger partial charge is 0.337 e. The van der Waals surface area contributed by atoms with Gasteiger partial charge in [0.15, 0.2) is 17.3 Å². The Balaban J connectivity index is 2.05. The van der Waals surface area contributed by atoms with E-state index in [0.717, 1.165) is 0 Å². The monoisotopic (exact) mass is 462 g/mol. The molecule has 1 N–H and O–H groups in total. The van der Waals surface area contributed by atoms with Crippen molar-refractivity contribution in [2.75, 3.05) is 14.2 Å².